The summed E-state index contributed by atoms with van der Waals surface area (Å²) in [5.41, 5.74) is 0.399. The van der Waals surface area contributed by atoms with Crippen LogP contribution in [0.15, 0.2) is 18.3 Å². The Morgan fingerprint density at radius 3 is 2.68 bits per heavy atom. The van der Waals surface area contributed by atoms with Crippen LogP contribution < -0.4 is 5.32 Å². The van der Waals surface area contributed by atoms with Crippen LogP contribution in [-0.4, -0.2) is 29.6 Å². The Bertz CT molecular complexity index is 433. The van der Waals surface area contributed by atoms with Gasteiger partial charge in [0, 0.05) is 18.7 Å². The molecule has 3 nitrogen and oxygen atoms in total. The molecule has 1 saturated heterocycles. The summed E-state index contributed by atoms with van der Waals surface area (Å²) in [7, 11) is 0. The van der Waals surface area contributed by atoms with Crippen LogP contribution >= 0.6 is 0 Å². The SMILES string of the molecule is O=C(CCC(F)(F)F)c1cccn1C1CCNCC1. The van der Waals surface area contributed by atoms with Crippen LogP contribution in [0.2, 0.25) is 0 Å². The van der Waals surface area contributed by atoms with Crippen LogP contribution in [0.25, 0.3) is 0 Å². The molecule has 1 aliphatic rings. The van der Waals surface area contributed by atoms with Crippen molar-refractivity contribution in [2.45, 2.75) is 37.9 Å². The molecular formula is C13H17F3N2O. The van der Waals surface area contributed by atoms with Gasteiger partial charge in [0.2, 0.25) is 0 Å². The van der Waals surface area contributed by atoms with E-state index < -0.39 is 24.8 Å². The number of aromatic nitrogens is 1. The van der Waals surface area contributed by atoms with E-state index in [1.807, 2.05) is 4.57 Å². The molecule has 0 spiro atoms. The van der Waals surface area contributed by atoms with E-state index in [4.69, 9.17) is 0 Å². The Morgan fingerprint density at radius 1 is 1.37 bits per heavy atom. The molecule has 19 heavy (non-hydrogen) atoms. The molecule has 0 amide bonds. The van der Waals surface area contributed by atoms with Gasteiger partial charge in [-0.15, -0.1) is 0 Å². The first kappa shape index (κ1) is 14.1. The van der Waals surface area contributed by atoms with Crippen LogP contribution in [0, 0.1) is 0 Å². The van der Waals surface area contributed by atoms with Crippen LogP contribution in [0.5, 0.6) is 0 Å². The number of alkyl halides is 3. The van der Waals surface area contributed by atoms with E-state index >= 15 is 0 Å². The van der Waals surface area contributed by atoms with Gasteiger partial charge in [-0.2, -0.15) is 13.2 Å². The summed E-state index contributed by atoms with van der Waals surface area (Å²) in [6.07, 6.45) is -2.22. The first-order valence-electron chi connectivity index (χ1n) is 6.45. The molecule has 0 aliphatic carbocycles. The van der Waals surface area contributed by atoms with Gasteiger partial charge in [0.1, 0.15) is 0 Å². The summed E-state index contributed by atoms with van der Waals surface area (Å²) in [6.45, 7) is 1.75. The lowest BCUT2D eigenvalue weighted by Gasteiger charge is -2.25. The summed E-state index contributed by atoms with van der Waals surface area (Å²) < 4.78 is 38.3. The summed E-state index contributed by atoms with van der Waals surface area (Å²) in [5, 5.41) is 3.22. The Kier molecular flexibility index (Phi) is 4.29. The van der Waals surface area contributed by atoms with Gasteiger partial charge in [0.25, 0.3) is 0 Å². The molecule has 0 saturated carbocycles. The maximum Gasteiger partial charge on any atom is 0.389 e. The van der Waals surface area contributed by atoms with Gasteiger partial charge in [0.15, 0.2) is 5.78 Å². The van der Waals surface area contributed by atoms with Gasteiger partial charge in [0.05, 0.1) is 12.1 Å². The molecule has 6 heteroatoms. The van der Waals surface area contributed by atoms with E-state index in [1.165, 1.54) is 0 Å². The minimum atomic E-state index is -4.28. The molecular weight excluding hydrogens is 257 g/mol. The van der Waals surface area contributed by atoms with Crippen molar-refractivity contribution in [2.24, 2.45) is 0 Å². The molecule has 0 aromatic carbocycles. The van der Waals surface area contributed by atoms with Crippen molar-refractivity contribution in [2.75, 3.05) is 13.1 Å². The van der Waals surface area contributed by atoms with E-state index in [9.17, 15) is 18.0 Å². The number of nitrogens with one attached hydrogen (secondary N) is 1. The average molecular weight is 274 g/mol. The van der Waals surface area contributed by atoms with Crippen molar-refractivity contribution in [3.05, 3.63) is 24.0 Å². The van der Waals surface area contributed by atoms with E-state index in [2.05, 4.69) is 5.32 Å². The molecule has 0 unspecified atom stereocenters. The number of rotatable bonds is 4. The molecule has 1 aromatic heterocycles. The smallest absolute Gasteiger partial charge is 0.342 e. The molecule has 2 rings (SSSR count). The Labute approximate surface area is 109 Å². The number of hydrogen-bond acceptors (Lipinski definition) is 2. The predicted octanol–water partition coefficient (Wildman–Crippen LogP) is 2.94. The number of halogens is 3. The average Bonchev–Trinajstić information content (AvgIpc) is 2.85. The fourth-order valence-corrected chi connectivity index (χ4v) is 2.42. The zero-order valence-electron chi connectivity index (χ0n) is 10.5. The van der Waals surface area contributed by atoms with Crippen LogP contribution in [0.1, 0.15) is 42.2 Å². The van der Waals surface area contributed by atoms with Gasteiger partial charge in [-0.05, 0) is 38.1 Å². The first-order chi connectivity index (χ1) is 8.97. The maximum atomic E-state index is 12.1. The highest BCUT2D eigenvalue weighted by Crippen LogP contribution is 2.25. The highest BCUT2D eigenvalue weighted by Gasteiger charge is 2.29. The van der Waals surface area contributed by atoms with Crippen molar-refractivity contribution < 1.29 is 18.0 Å². The Balaban J connectivity index is 2.04. The fraction of sp³-hybridized carbons (Fsp3) is 0.615. The summed E-state index contributed by atoms with van der Waals surface area (Å²) >= 11 is 0. The topological polar surface area (TPSA) is 34.0 Å². The lowest BCUT2D eigenvalue weighted by molar-refractivity contribution is -0.133. The van der Waals surface area contributed by atoms with Crippen molar-refractivity contribution in [3.8, 4) is 0 Å². The zero-order valence-corrected chi connectivity index (χ0v) is 10.5. The standard InChI is InChI=1S/C13H17F3N2O/c14-13(15,16)6-3-12(19)11-2-1-9-18(11)10-4-7-17-8-5-10/h1-2,9-10,17H,3-8H2. The van der Waals surface area contributed by atoms with Gasteiger partial charge >= 0.3 is 6.18 Å². The Morgan fingerprint density at radius 2 is 2.05 bits per heavy atom. The normalized spacial score (nSPS) is 17.6. The van der Waals surface area contributed by atoms with E-state index in [0.29, 0.717) is 5.69 Å². The van der Waals surface area contributed by atoms with Crippen LogP contribution in [0.3, 0.4) is 0 Å². The summed E-state index contributed by atoms with van der Waals surface area (Å²) in [6, 6.07) is 3.55. The molecule has 1 aliphatic heterocycles. The zero-order chi connectivity index (χ0) is 13.9. The van der Waals surface area contributed by atoms with Gasteiger partial charge in [-0.1, -0.05) is 0 Å². The number of ketones is 1. The summed E-state index contributed by atoms with van der Waals surface area (Å²) in [4.78, 5) is 11.9. The van der Waals surface area contributed by atoms with E-state index in [1.54, 1.807) is 18.3 Å². The van der Waals surface area contributed by atoms with Crippen LogP contribution in [-0.2, 0) is 0 Å². The third kappa shape index (κ3) is 3.83. The van der Waals surface area contributed by atoms with Crippen molar-refractivity contribution in [1.82, 2.24) is 9.88 Å². The highest BCUT2D eigenvalue weighted by atomic mass is 19.4. The van der Waals surface area contributed by atoms with E-state index in [-0.39, 0.29) is 6.04 Å². The van der Waals surface area contributed by atoms with Crippen molar-refractivity contribution >= 4 is 5.78 Å². The highest BCUT2D eigenvalue weighted by molar-refractivity contribution is 5.94. The fourth-order valence-electron chi connectivity index (χ4n) is 2.42. The lowest BCUT2D eigenvalue weighted by atomic mass is 10.1. The monoisotopic (exact) mass is 274 g/mol. The molecule has 2 heterocycles. The third-order valence-electron chi connectivity index (χ3n) is 3.40. The molecule has 1 N–H and O–H groups in total. The number of hydrogen-bond donors (Lipinski definition) is 1. The second-order valence-electron chi connectivity index (χ2n) is 4.82. The van der Waals surface area contributed by atoms with Crippen molar-refractivity contribution in [1.29, 1.82) is 0 Å². The van der Waals surface area contributed by atoms with Crippen LogP contribution in [0.4, 0.5) is 13.2 Å². The van der Waals surface area contributed by atoms with Gasteiger partial charge in [-0.3, -0.25) is 4.79 Å². The number of carbonyl (C=O) groups is 1. The Hall–Kier alpha value is -1.30. The minimum absolute atomic E-state index is 0.209. The lowest BCUT2D eigenvalue weighted by Crippen LogP contribution is -2.30. The number of Topliss-reactive ketones (excluding diaryl/α,β-unsaturated/α-hetero) is 1. The predicted molar refractivity (Wildman–Crippen MR) is 65.2 cm³/mol. The minimum Gasteiger partial charge on any atom is -0.342 e. The third-order valence-corrected chi connectivity index (χ3v) is 3.40. The molecule has 0 radical (unpaired) electrons. The van der Waals surface area contributed by atoms with Gasteiger partial charge < -0.3 is 9.88 Å². The number of carbonyl (C=O) groups excluding carboxylic acids is 1. The van der Waals surface area contributed by atoms with Gasteiger partial charge in [-0.25, -0.2) is 0 Å². The van der Waals surface area contributed by atoms with Crippen molar-refractivity contribution in [3.63, 3.8) is 0 Å². The molecule has 1 fully saturated rings. The molecule has 106 valence electrons. The second kappa shape index (κ2) is 5.77. The number of nitrogens with zero attached hydrogens (tertiary/aromatic N) is 1. The molecule has 0 atom stereocenters. The maximum absolute atomic E-state index is 12.1. The second-order valence-corrected chi connectivity index (χ2v) is 4.82. The number of piperidine rings is 1. The molecule has 1 aromatic rings. The quantitative estimate of drug-likeness (QED) is 0.857. The molecule has 0 bridgehead atoms. The largest absolute Gasteiger partial charge is 0.389 e. The first-order valence-corrected chi connectivity index (χ1v) is 6.45. The van der Waals surface area contributed by atoms with E-state index in [0.717, 1.165) is 25.9 Å². The summed E-state index contributed by atoms with van der Waals surface area (Å²) in [5.74, 6) is -0.430.